The first-order chi connectivity index (χ1) is 8.04. The second-order valence-corrected chi connectivity index (χ2v) is 8.71. The molecule has 0 spiro atoms. The summed E-state index contributed by atoms with van der Waals surface area (Å²) in [7, 11) is -7.28. The Morgan fingerprint density at radius 1 is 1.00 bits per heavy atom. The molecule has 0 radical (unpaired) electrons. The minimum absolute atomic E-state index is 0.224. The molecule has 1 aliphatic rings. The lowest BCUT2D eigenvalue weighted by molar-refractivity contribution is 0.151. The van der Waals surface area contributed by atoms with Crippen LogP contribution < -0.4 is 0 Å². The van der Waals surface area contributed by atoms with Crippen LogP contribution >= 0.6 is 0 Å². The first-order valence-electron chi connectivity index (χ1n) is 5.31. The third-order valence-electron chi connectivity index (χ3n) is 3.00. The van der Waals surface area contributed by atoms with Crippen molar-refractivity contribution in [2.24, 2.45) is 0 Å². The molecule has 1 aromatic rings. The van der Waals surface area contributed by atoms with Gasteiger partial charge in [-0.15, -0.1) is 0 Å². The number of benzene rings is 1. The minimum atomic E-state index is -3.66. The molecule has 0 atom stereocenters. The first kappa shape index (κ1) is 13.5. The van der Waals surface area contributed by atoms with Crippen LogP contribution in [0.1, 0.15) is 18.4 Å². The maximum absolute atomic E-state index is 11.7. The molecule has 0 bridgehead atoms. The van der Waals surface area contributed by atoms with E-state index in [1.807, 2.05) is 0 Å². The second-order valence-electron chi connectivity index (χ2n) is 4.74. The minimum Gasteiger partial charge on any atom is -0.385 e. The molecule has 1 fully saturated rings. The Kier molecular flexibility index (Phi) is 2.84. The lowest BCUT2D eigenvalue weighted by atomic mass is 10.1. The molecule has 1 aliphatic carbocycles. The van der Waals surface area contributed by atoms with E-state index >= 15 is 0 Å². The summed E-state index contributed by atoms with van der Waals surface area (Å²) in [5.41, 5.74) is -0.537. The zero-order chi connectivity index (χ0) is 13.8. The summed E-state index contributed by atoms with van der Waals surface area (Å²) in [4.78, 5) is -0.471. The van der Waals surface area contributed by atoms with Crippen molar-refractivity contribution < 1.29 is 21.9 Å². The fraction of sp³-hybridized carbons (Fsp3) is 0.455. The number of hydrogen-bond acceptors (Lipinski definition) is 5. The fourth-order valence-electron chi connectivity index (χ4n) is 1.80. The van der Waals surface area contributed by atoms with Crippen LogP contribution in [-0.2, 0) is 25.3 Å². The molecule has 1 saturated carbocycles. The van der Waals surface area contributed by atoms with Gasteiger partial charge < -0.3 is 5.11 Å². The van der Waals surface area contributed by atoms with E-state index < -0.39 is 25.3 Å². The van der Waals surface area contributed by atoms with Gasteiger partial charge in [0, 0.05) is 12.5 Å². The summed E-state index contributed by atoms with van der Waals surface area (Å²) in [6.07, 6.45) is 3.04. The predicted molar refractivity (Wildman–Crippen MR) is 65.8 cm³/mol. The van der Waals surface area contributed by atoms with Gasteiger partial charge in [0.2, 0.25) is 0 Å². The molecule has 0 heterocycles. The molecule has 0 aromatic heterocycles. The number of sulfone groups is 2. The van der Waals surface area contributed by atoms with E-state index in [2.05, 4.69) is 0 Å². The van der Waals surface area contributed by atoms with E-state index in [1.165, 1.54) is 18.2 Å². The van der Waals surface area contributed by atoms with Gasteiger partial charge in [-0.1, -0.05) is 6.07 Å². The third-order valence-corrected chi connectivity index (χ3v) is 5.42. The van der Waals surface area contributed by atoms with Crippen LogP contribution in [0.25, 0.3) is 0 Å². The van der Waals surface area contributed by atoms with Crippen molar-refractivity contribution >= 4 is 19.7 Å². The fourth-order valence-corrected chi connectivity index (χ4v) is 4.22. The van der Waals surface area contributed by atoms with Crippen molar-refractivity contribution in [1.29, 1.82) is 0 Å². The smallest absolute Gasteiger partial charge is 0.176 e. The van der Waals surface area contributed by atoms with Crippen molar-refractivity contribution in [2.75, 3.05) is 12.5 Å². The zero-order valence-corrected chi connectivity index (χ0v) is 11.7. The van der Waals surface area contributed by atoms with Crippen LogP contribution in [0.4, 0.5) is 0 Å². The van der Waals surface area contributed by atoms with E-state index in [-0.39, 0.29) is 9.79 Å². The highest BCUT2D eigenvalue weighted by Gasteiger charge is 2.42. The van der Waals surface area contributed by atoms with Crippen molar-refractivity contribution in [1.82, 2.24) is 0 Å². The number of hydrogen-bond donors (Lipinski definition) is 1. The third kappa shape index (κ3) is 2.43. The van der Waals surface area contributed by atoms with Crippen molar-refractivity contribution in [3.8, 4) is 0 Å². The summed E-state index contributed by atoms with van der Waals surface area (Å²) in [5, 5.41) is 9.94. The van der Waals surface area contributed by atoms with Gasteiger partial charge in [0.15, 0.2) is 19.7 Å². The molecule has 100 valence electrons. The molecule has 7 heteroatoms. The molecule has 1 N–H and O–H groups in total. The Morgan fingerprint density at radius 3 is 1.89 bits per heavy atom. The van der Waals surface area contributed by atoms with Crippen molar-refractivity contribution in [2.45, 2.75) is 28.2 Å². The van der Waals surface area contributed by atoms with Crippen molar-refractivity contribution in [3.63, 3.8) is 0 Å². The van der Waals surface area contributed by atoms with E-state index in [9.17, 15) is 21.9 Å². The van der Waals surface area contributed by atoms with Crippen LogP contribution in [0.3, 0.4) is 0 Å². The normalized spacial score (nSPS) is 18.6. The average Bonchev–Trinajstić information content (AvgIpc) is 2.94. The Labute approximate surface area is 106 Å². The summed E-state index contributed by atoms with van der Waals surface area (Å²) in [5.74, 6) is 0. The van der Waals surface area contributed by atoms with Crippen LogP contribution in [0.5, 0.6) is 0 Å². The van der Waals surface area contributed by atoms with Crippen LogP contribution in [0.15, 0.2) is 28.0 Å². The standard InChI is InChI=1S/C11H14O5S2/c1-17(13,14)9-4-3-8(11(12)5-6-11)7-10(9)18(2,15)16/h3-4,7,12H,5-6H2,1-2H3. The van der Waals surface area contributed by atoms with E-state index in [4.69, 9.17) is 0 Å². The van der Waals surface area contributed by atoms with Gasteiger partial charge in [-0.25, -0.2) is 16.8 Å². The SMILES string of the molecule is CS(=O)(=O)c1ccc(C2(O)CC2)cc1S(C)(=O)=O. The quantitative estimate of drug-likeness (QED) is 0.874. The Bertz CT molecular complexity index is 697. The predicted octanol–water partition coefficient (Wildman–Crippen LogP) is 0.475. The lowest BCUT2D eigenvalue weighted by Crippen LogP contribution is -2.11. The van der Waals surface area contributed by atoms with E-state index in [1.54, 1.807) is 0 Å². The van der Waals surface area contributed by atoms with Gasteiger partial charge in [0.25, 0.3) is 0 Å². The van der Waals surface area contributed by atoms with Gasteiger partial charge in [0.1, 0.15) is 0 Å². The van der Waals surface area contributed by atoms with Crippen LogP contribution in [-0.4, -0.2) is 34.5 Å². The van der Waals surface area contributed by atoms with Gasteiger partial charge >= 0.3 is 0 Å². The zero-order valence-electron chi connectivity index (χ0n) is 10.0. The summed E-state index contributed by atoms with van der Waals surface area (Å²) < 4.78 is 46.4. The van der Waals surface area contributed by atoms with Crippen LogP contribution in [0, 0.1) is 0 Å². The molecule has 0 amide bonds. The maximum atomic E-state index is 11.7. The van der Waals surface area contributed by atoms with Crippen molar-refractivity contribution in [3.05, 3.63) is 23.8 Å². The second kappa shape index (κ2) is 3.79. The summed E-state index contributed by atoms with van der Waals surface area (Å²) in [6.45, 7) is 0. The highest BCUT2D eigenvalue weighted by atomic mass is 32.2. The largest absolute Gasteiger partial charge is 0.385 e. The van der Waals surface area contributed by atoms with E-state index in [0.717, 1.165) is 12.5 Å². The molecule has 0 aliphatic heterocycles. The number of rotatable bonds is 3. The topological polar surface area (TPSA) is 88.5 Å². The van der Waals surface area contributed by atoms with Gasteiger partial charge in [-0.2, -0.15) is 0 Å². The van der Waals surface area contributed by atoms with Gasteiger partial charge in [-0.05, 0) is 30.5 Å². The molecule has 2 rings (SSSR count). The van der Waals surface area contributed by atoms with Gasteiger partial charge in [0.05, 0.1) is 15.4 Å². The summed E-state index contributed by atoms with van der Waals surface area (Å²) in [6, 6.07) is 3.98. The molecular formula is C11H14O5S2. The molecule has 5 nitrogen and oxygen atoms in total. The molecule has 1 aromatic carbocycles. The highest BCUT2D eigenvalue weighted by molar-refractivity contribution is 7.93. The molecule has 0 unspecified atom stereocenters. The molecule has 0 saturated heterocycles. The maximum Gasteiger partial charge on any atom is 0.176 e. The summed E-state index contributed by atoms with van der Waals surface area (Å²) >= 11 is 0. The Balaban J connectivity index is 2.72. The monoisotopic (exact) mass is 290 g/mol. The molecule has 18 heavy (non-hydrogen) atoms. The molecular weight excluding hydrogens is 276 g/mol. The Hall–Kier alpha value is -0.920. The Morgan fingerprint density at radius 2 is 1.50 bits per heavy atom. The highest BCUT2D eigenvalue weighted by Crippen LogP contribution is 2.46. The van der Waals surface area contributed by atoms with E-state index in [0.29, 0.717) is 18.4 Å². The van der Waals surface area contributed by atoms with Crippen LogP contribution in [0.2, 0.25) is 0 Å². The first-order valence-corrected chi connectivity index (χ1v) is 9.09. The number of aliphatic hydroxyl groups is 1. The lowest BCUT2D eigenvalue weighted by Gasteiger charge is -2.12. The average molecular weight is 290 g/mol. The van der Waals surface area contributed by atoms with Gasteiger partial charge in [-0.3, -0.25) is 0 Å².